The maximum Gasteiger partial charge on any atom is 0.185 e. The van der Waals surface area contributed by atoms with Crippen molar-refractivity contribution in [1.29, 1.82) is 0 Å². The number of aryl methyl sites for hydroxylation is 1. The lowest BCUT2D eigenvalue weighted by molar-refractivity contribution is 0.110. The predicted molar refractivity (Wildman–Crippen MR) is 55.5 cm³/mol. The van der Waals surface area contributed by atoms with Crippen LogP contribution in [0.1, 0.15) is 30.0 Å². The van der Waals surface area contributed by atoms with Crippen molar-refractivity contribution in [3.63, 3.8) is 0 Å². The van der Waals surface area contributed by atoms with Gasteiger partial charge in [-0.2, -0.15) is 0 Å². The summed E-state index contributed by atoms with van der Waals surface area (Å²) >= 11 is 0. The zero-order valence-electron chi connectivity index (χ0n) is 8.57. The third-order valence-electron chi connectivity index (χ3n) is 1.74. The Bertz CT molecular complexity index is 432. The van der Waals surface area contributed by atoms with E-state index in [1.54, 1.807) is 18.5 Å². The van der Waals surface area contributed by atoms with E-state index < -0.39 is 0 Å². The lowest BCUT2D eigenvalue weighted by Crippen LogP contribution is -1.74. The summed E-state index contributed by atoms with van der Waals surface area (Å²) in [5.41, 5.74) is 1.69. The Balaban J connectivity index is 0.000000461. The molecule has 74 valence electrons. The zero-order chi connectivity index (χ0) is 10.6. The highest BCUT2D eigenvalue weighted by Gasteiger charge is 2.04. The third-order valence-corrected chi connectivity index (χ3v) is 1.74. The molecular formula is C11H13NO2. The maximum absolute atomic E-state index is 10.4. The molecule has 3 heteroatoms. The Kier molecular flexibility index (Phi) is 3.40. The molecular weight excluding hydrogens is 178 g/mol. The third kappa shape index (κ3) is 1.82. The van der Waals surface area contributed by atoms with Gasteiger partial charge in [0.2, 0.25) is 0 Å². The van der Waals surface area contributed by atoms with Gasteiger partial charge in [0.25, 0.3) is 0 Å². The SMILES string of the molecule is CC.Cc1cncc2cc(C=O)oc12. The number of hydrogen-bond acceptors (Lipinski definition) is 3. The van der Waals surface area contributed by atoms with Crippen LogP contribution in [0.3, 0.4) is 0 Å². The van der Waals surface area contributed by atoms with Gasteiger partial charge in [0.1, 0.15) is 5.58 Å². The van der Waals surface area contributed by atoms with Crippen molar-refractivity contribution in [2.45, 2.75) is 20.8 Å². The number of pyridine rings is 1. The highest BCUT2D eigenvalue weighted by molar-refractivity contribution is 5.85. The van der Waals surface area contributed by atoms with Crippen LogP contribution in [0, 0.1) is 6.92 Å². The lowest BCUT2D eigenvalue weighted by Gasteiger charge is -1.90. The van der Waals surface area contributed by atoms with Crippen molar-refractivity contribution in [2.75, 3.05) is 0 Å². The highest BCUT2D eigenvalue weighted by atomic mass is 16.3. The molecule has 0 atom stereocenters. The topological polar surface area (TPSA) is 43.1 Å². The smallest absolute Gasteiger partial charge is 0.185 e. The number of hydrogen-bond donors (Lipinski definition) is 0. The molecule has 0 fully saturated rings. The van der Waals surface area contributed by atoms with Crippen LogP contribution in [0.25, 0.3) is 11.0 Å². The van der Waals surface area contributed by atoms with Crippen molar-refractivity contribution < 1.29 is 9.21 Å². The first-order chi connectivity index (χ1) is 6.81. The molecule has 0 bridgehead atoms. The first-order valence-electron chi connectivity index (χ1n) is 4.60. The van der Waals surface area contributed by atoms with Crippen molar-refractivity contribution in [2.24, 2.45) is 0 Å². The molecule has 0 aliphatic rings. The van der Waals surface area contributed by atoms with Crippen molar-refractivity contribution in [1.82, 2.24) is 4.98 Å². The van der Waals surface area contributed by atoms with Crippen LogP contribution in [0.15, 0.2) is 22.9 Å². The monoisotopic (exact) mass is 191 g/mol. The number of furan rings is 1. The molecule has 0 spiro atoms. The number of aldehydes is 1. The van der Waals surface area contributed by atoms with E-state index in [4.69, 9.17) is 4.42 Å². The van der Waals surface area contributed by atoms with E-state index in [0.29, 0.717) is 12.0 Å². The molecule has 0 amide bonds. The minimum Gasteiger partial charge on any atom is -0.453 e. The van der Waals surface area contributed by atoms with Crippen LogP contribution in [0.2, 0.25) is 0 Å². The van der Waals surface area contributed by atoms with Crippen molar-refractivity contribution in [3.8, 4) is 0 Å². The van der Waals surface area contributed by atoms with Crippen molar-refractivity contribution in [3.05, 3.63) is 29.8 Å². The molecule has 0 N–H and O–H groups in total. The van der Waals surface area contributed by atoms with Gasteiger partial charge in [0.05, 0.1) is 0 Å². The molecule has 0 saturated carbocycles. The molecule has 2 heterocycles. The molecule has 2 aromatic rings. The maximum atomic E-state index is 10.4. The highest BCUT2D eigenvalue weighted by Crippen LogP contribution is 2.19. The van der Waals surface area contributed by atoms with E-state index in [2.05, 4.69) is 4.98 Å². The second-order valence-electron chi connectivity index (χ2n) is 2.64. The number of rotatable bonds is 1. The first kappa shape index (κ1) is 10.4. The summed E-state index contributed by atoms with van der Waals surface area (Å²) in [5.74, 6) is 0.348. The van der Waals surface area contributed by atoms with E-state index in [-0.39, 0.29) is 0 Å². The van der Waals surface area contributed by atoms with Gasteiger partial charge < -0.3 is 4.42 Å². The fraction of sp³-hybridized carbons (Fsp3) is 0.273. The van der Waals surface area contributed by atoms with Gasteiger partial charge in [-0.25, -0.2) is 0 Å². The Hall–Kier alpha value is -1.64. The van der Waals surface area contributed by atoms with Gasteiger partial charge in [0.15, 0.2) is 12.0 Å². The van der Waals surface area contributed by atoms with Crippen LogP contribution in [-0.2, 0) is 0 Å². The van der Waals surface area contributed by atoms with Gasteiger partial charge >= 0.3 is 0 Å². The van der Waals surface area contributed by atoms with E-state index in [1.165, 1.54) is 0 Å². The minimum absolute atomic E-state index is 0.348. The first-order valence-corrected chi connectivity index (χ1v) is 4.60. The van der Waals surface area contributed by atoms with Crippen LogP contribution in [0.5, 0.6) is 0 Å². The number of nitrogens with zero attached hydrogens (tertiary/aromatic N) is 1. The second-order valence-corrected chi connectivity index (χ2v) is 2.64. The van der Waals surface area contributed by atoms with Crippen LogP contribution in [-0.4, -0.2) is 11.3 Å². The average Bonchev–Trinajstić information content (AvgIpc) is 2.65. The summed E-state index contributed by atoms with van der Waals surface area (Å²) < 4.78 is 5.24. The van der Waals surface area contributed by atoms with Gasteiger partial charge in [0, 0.05) is 23.3 Å². The Labute approximate surface area is 82.8 Å². The molecule has 14 heavy (non-hydrogen) atoms. The fourth-order valence-corrected chi connectivity index (χ4v) is 1.18. The summed E-state index contributed by atoms with van der Waals surface area (Å²) in [4.78, 5) is 14.4. The van der Waals surface area contributed by atoms with Gasteiger partial charge in [-0.1, -0.05) is 13.8 Å². The molecule has 2 rings (SSSR count). The minimum atomic E-state index is 0.348. The van der Waals surface area contributed by atoms with E-state index >= 15 is 0 Å². The number of aromatic nitrogens is 1. The lowest BCUT2D eigenvalue weighted by atomic mass is 10.2. The molecule has 0 aliphatic heterocycles. The van der Waals surface area contributed by atoms with Gasteiger partial charge in [-0.3, -0.25) is 9.78 Å². The van der Waals surface area contributed by atoms with Crippen LogP contribution in [0.4, 0.5) is 0 Å². The summed E-state index contributed by atoms with van der Waals surface area (Å²) in [6.45, 7) is 5.90. The normalized spacial score (nSPS) is 9.36. The zero-order valence-corrected chi connectivity index (χ0v) is 8.57. The van der Waals surface area contributed by atoms with E-state index in [1.807, 2.05) is 20.8 Å². The number of carbonyl (C=O) groups is 1. The number of fused-ring (bicyclic) bond motifs is 1. The Morgan fingerprint density at radius 3 is 2.64 bits per heavy atom. The standard InChI is InChI=1S/C9H7NO2.C2H6/c1-6-3-10-4-7-2-8(5-11)12-9(6)7;1-2/h2-5H,1H3;1-2H3. The Morgan fingerprint density at radius 1 is 1.36 bits per heavy atom. The summed E-state index contributed by atoms with van der Waals surface area (Å²) in [6.07, 6.45) is 4.08. The summed E-state index contributed by atoms with van der Waals surface area (Å²) in [7, 11) is 0. The molecule has 2 aromatic heterocycles. The quantitative estimate of drug-likeness (QED) is 0.651. The molecule has 0 unspecified atom stereocenters. The molecule has 3 nitrogen and oxygen atoms in total. The van der Waals surface area contributed by atoms with Crippen LogP contribution < -0.4 is 0 Å². The van der Waals surface area contributed by atoms with Crippen molar-refractivity contribution >= 4 is 17.3 Å². The summed E-state index contributed by atoms with van der Waals surface area (Å²) in [5, 5.41) is 0.872. The molecule has 0 aromatic carbocycles. The predicted octanol–water partition coefficient (Wildman–Crippen LogP) is 2.97. The summed E-state index contributed by atoms with van der Waals surface area (Å²) in [6, 6.07) is 1.68. The Morgan fingerprint density at radius 2 is 2.07 bits per heavy atom. The fourth-order valence-electron chi connectivity index (χ4n) is 1.18. The largest absolute Gasteiger partial charge is 0.453 e. The van der Waals surface area contributed by atoms with Gasteiger partial charge in [-0.15, -0.1) is 0 Å². The molecule has 0 aliphatic carbocycles. The number of carbonyl (C=O) groups excluding carboxylic acids is 1. The van der Waals surface area contributed by atoms with Gasteiger partial charge in [-0.05, 0) is 13.0 Å². The molecule has 0 saturated heterocycles. The average molecular weight is 191 g/mol. The second kappa shape index (κ2) is 4.56. The van der Waals surface area contributed by atoms with E-state index in [0.717, 1.165) is 16.5 Å². The van der Waals surface area contributed by atoms with E-state index in [9.17, 15) is 4.79 Å². The molecule has 0 radical (unpaired) electrons. The van der Waals surface area contributed by atoms with Crippen LogP contribution >= 0.6 is 0 Å².